The third kappa shape index (κ3) is 4.84. The minimum atomic E-state index is 0. The summed E-state index contributed by atoms with van der Waals surface area (Å²) in [7, 11) is 1.89. The molecule has 0 bridgehead atoms. The average molecular weight is 526 g/mol. The number of nitrogens with one attached hydrogen (secondary N) is 1. The molecule has 4 rings (SSSR count). The average Bonchev–Trinajstić information content (AvgIpc) is 3.20. The van der Waals surface area contributed by atoms with Crippen LogP contribution in [0.2, 0.25) is 0 Å². The number of aromatic nitrogens is 2. The fourth-order valence-electron chi connectivity index (χ4n) is 4.17. The Bertz CT molecular complexity index is 797. The highest BCUT2D eigenvalue weighted by Crippen LogP contribution is 2.43. The lowest BCUT2D eigenvalue weighted by atomic mass is 9.64. The number of benzene rings is 1. The molecule has 2 aliphatic rings. The Balaban J connectivity index is 0.00000240. The highest BCUT2D eigenvalue weighted by molar-refractivity contribution is 14.0. The molecule has 29 heavy (non-hydrogen) atoms. The SMILES string of the molecule is CCc1nsc(N2CCN(C(=NC)NCC3(c4ccccc4)CCC3)CC2)n1.I. The van der Waals surface area contributed by atoms with Gasteiger partial charge in [0.05, 0.1) is 0 Å². The molecule has 0 unspecified atom stereocenters. The molecule has 1 saturated heterocycles. The largest absolute Gasteiger partial charge is 0.355 e. The summed E-state index contributed by atoms with van der Waals surface area (Å²) in [6.07, 6.45) is 4.73. The van der Waals surface area contributed by atoms with Gasteiger partial charge in [-0.3, -0.25) is 4.99 Å². The second kappa shape index (κ2) is 10.1. The zero-order valence-electron chi connectivity index (χ0n) is 17.3. The van der Waals surface area contributed by atoms with E-state index in [1.54, 1.807) is 0 Å². The van der Waals surface area contributed by atoms with E-state index in [4.69, 9.17) is 0 Å². The first-order valence-electron chi connectivity index (χ1n) is 10.3. The summed E-state index contributed by atoms with van der Waals surface area (Å²) in [5, 5.41) is 4.73. The van der Waals surface area contributed by atoms with Crippen LogP contribution in [0.15, 0.2) is 35.3 Å². The van der Waals surface area contributed by atoms with Crippen molar-refractivity contribution in [3.63, 3.8) is 0 Å². The summed E-state index contributed by atoms with van der Waals surface area (Å²) < 4.78 is 4.42. The summed E-state index contributed by atoms with van der Waals surface area (Å²) in [6.45, 7) is 6.90. The summed E-state index contributed by atoms with van der Waals surface area (Å²) in [6, 6.07) is 11.0. The van der Waals surface area contributed by atoms with Crippen molar-refractivity contribution in [1.82, 2.24) is 19.6 Å². The molecule has 1 saturated carbocycles. The van der Waals surface area contributed by atoms with E-state index in [9.17, 15) is 0 Å². The van der Waals surface area contributed by atoms with Crippen LogP contribution >= 0.6 is 35.5 Å². The molecule has 0 spiro atoms. The number of aryl methyl sites for hydroxylation is 1. The van der Waals surface area contributed by atoms with Gasteiger partial charge >= 0.3 is 0 Å². The molecule has 1 N–H and O–H groups in total. The minimum Gasteiger partial charge on any atom is -0.355 e. The van der Waals surface area contributed by atoms with Gasteiger partial charge < -0.3 is 15.1 Å². The van der Waals surface area contributed by atoms with Gasteiger partial charge in [0, 0.05) is 63.1 Å². The van der Waals surface area contributed by atoms with E-state index in [1.807, 2.05) is 7.05 Å². The van der Waals surface area contributed by atoms with Gasteiger partial charge in [-0.05, 0) is 18.4 Å². The molecule has 2 aromatic rings. The number of nitrogens with zero attached hydrogens (tertiary/aromatic N) is 5. The van der Waals surface area contributed by atoms with Gasteiger partial charge in [-0.15, -0.1) is 24.0 Å². The standard InChI is InChI=1S/C21H30N6S.HI/c1-3-18-24-20(28-25-18)27-14-12-26(13-15-27)19(22-2)23-16-21(10-7-11-21)17-8-5-4-6-9-17;/h4-6,8-9H,3,7,10-16H2,1-2H3,(H,22,23);1H. The Labute approximate surface area is 195 Å². The van der Waals surface area contributed by atoms with Crippen LogP contribution in [0.1, 0.15) is 37.6 Å². The number of guanidine groups is 1. The van der Waals surface area contributed by atoms with Crippen LogP contribution in [0, 0.1) is 0 Å². The van der Waals surface area contributed by atoms with Crippen LogP contribution in [-0.4, -0.2) is 60.0 Å². The molecule has 2 fully saturated rings. The van der Waals surface area contributed by atoms with Crippen LogP contribution in [0.25, 0.3) is 0 Å². The maximum Gasteiger partial charge on any atom is 0.205 e. The van der Waals surface area contributed by atoms with Gasteiger partial charge in [-0.1, -0.05) is 43.7 Å². The Morgan fingerprint density at radius 1 is 1.17 bits per heavy atom. The Morgan fingerprint density at radius 3 is 2.45 bits per heavy atom. The summed E-state index contributed by atoms with van der Waals surface area (Å²) >= 11 is 1.52. The minimum absolute atomic E-state index is 0. The van der Waals surface area contributed by atoms with Crippen LogP contribution in [0.5, 0.6) is 0 Å². The fraction of sp³-hybridized carbons (Fsp3) is 0.571. The highest BCUT2D eigenvalue weighted by atomic mass is 127. The molecule has 158 valence electrons. The van der Waals surface area contributed by atoms with Crippen molar-refractivity contribution in [1.29, 1.82) is 0 Å². The lowest BCUT2D eigenvalue weighted by Crippen LogP contribution is -2.55. The van der Waals surface area contributed by atoms with Crippen molar-refractivity contribution in [3.05, 3.63) is 41.7 Å². The van der Waals surface area contributed by atoms with Crippen molar-refractivity contribution in [3.8, 4) is 0 Å². The van der Waals surface area contributed by atoms with Gasteiger partial charge in [0.1, 0.15) is 5.82 Å². The normalized spacial score (nSPS) is 18.8. The number of hydrogen-bond acceptors (Lipinski definition) is 5. The van der Waals surface area contributed by atoms with Crippen molar-refractivity contribution in [2.24, 2.45) is 4.99 Å². The van der Waals surface area contributed by atoms with Gasteiger partial charge in [0.15, 0.2) is 5.96 Å². The predicted molar refractivity (Wildman–Crippen MR) is 132 cm³/mol. The molecular weight excluding hydrogens is 495 g/mol. The number of hydrogen-bond donors (Lipinski definition) is 1. The van der Waals surface area contributed by atoms with E-state index in [2.05, 4.69) is 66.7 Å². The number of rotatable bonds is 5. The second-order valence-electron chi connectivity index (χ2n) is 7.72. The van der Waals surface area contributed by atoms with Gasteiger partial charge in [0.2, 0.25) is 5.13 Å². The topological polar surface area (TPSA) is 56.7 Å². The molecule has 1 aliphatic heterocycles. The van der Waals surface area contributed by atoms with Crippen LogP contribution in [-0.2, 0) is 11.8 Å². The van der Waals surface area contributed by atoms with Crippen LogP contribution in [0.3, 0.4) is 0 Å². The van der Waals surface area contributed by atoms with Crippen LogP contribution < -0.4 is 10.2 Å². The van der Waals surface area contributed by atoms with Crippen molar-refractivity contribution in [2.75, 3.05) is 44.7 Å². The molecule has 0 amide bonds. The van der Waals surface area contributed by atoms with Crippen molar-refractivity contribution >= 4 is 46.6 Å². The lowest BCUT2D eigenvalue weighted by molar-refractivity contribution is 0.240. The number of anilines is 1. The Morgan fingerprint density at radius 2 is 1.90 bits per heavy atom. The summed E-state index contributed by atoms with van der Waals surface area (Å²) in [5.41, 5.74) is 1.72. The molecule has 6 nitrogen and oxygen atoms in total. The van der Waals surface area contributed by atoms with Gasteiger partial charge in [-0.25, -0.2) is 4.98 Å². The molecule has 1 aliphatic carbocycles. The zero-order valence-corrected chi connectivity index (χ0v) is 20.5. The maximum atomic E-state index is 4.63. The summed E-state index contributed by atoms with van der Waals surface area (Å²) in [4.78, 5) is 13.9. The molecule has 1 aromatic carbocycles. The van der Waals surface area contributed by atoms with Crippen molar-refractivity contribution < 1.29 is 0 Å². The smallest absolute Gasteiger partial charge is 0.205 e. The van der Waals surface area contributed by atoms with E-state index >= 15 is 0 Å². The Kier molecular flexibility index (Phi) is 7.72. The van der Waals surface area contributed by atoms with Gasteiger partial charge in [0.25, 0.3) is 0 Å². The molecule has 0 atom stereocenters. The molecule has 0 radical (unpaired) electrons. The summed E-state index contributed by atoms with van der Waals surface area (Å²) in [5.74, 6) is 1.97. The monoisotopic (exact) mass is 526 g/mol. The van der Waals surface area contributed by atoms with Gasteiger partial charge in [-0.2, -0.15) is 4.37 Å². The lowest BCUT2D eigenvalue weighted by Gasteiger charge is -2.44. The van der Waals surface area contributed by atoms with E-state index < -0.39 is 0 Å². The zero-order chi connectivity index (χ0) is 19.4. The molecule has 2 heterocycles. The fourth-order valence-corrected chi connectivity index (χ4v) is 4.97. The molecule has 8 heteroatoms. The van der Waals surface area contributed by atoms with E-state index in [-0.39, 0.29) is 29.4 Å². The van der Waals surface area contributed by atoms with Crippen molar-refractivity contribution in [2.45, 2.75) is 38.0 Å². The third-order valence-corrected chi connectivity index (χ3v) is 6.93. The predicted octanol–water partition coefficient (Wildman–Crippen LogP) is 3.54. The maximum absolute atomic E-state index is 4.63. The third-order valence-electron chi connectivity index (χ3n) is 6.12. The first kappa shape index (κ1) is 22.3. The first-order valence-corrected chi connectivity index (χ1v) is 11.1. The first-order chi connectivity index (χ1) is 13.7. The number of piperazine rings is 1. The van der Waals surface area contributed by atoms with E-state index in [0.717, 1.165) is 56.1 Å². The van der Waals surface area contributed by atoms with Crippen LogP contribution in [0.4, 0.5) is 5.13 Å². The number of halogens is 1. The quantitative estimate of drug-likeness (QED) is 0.367. The molecular formula is C21H31IN6S. The van der Waals surface area contributed by atoms with E-state index in [0.29, 0.717) is 0 Å². The van der Waals surface area contributed by atoms with E-state index in [1.165, 1.54) is 36.4 Å². The number of aliphatic imine (C=N–C) groups is 1. The Hall–Kier alpha value is -1.42. The molecule has 1 aromatic heterocycles. The second-order valence-corrected chi connectivity index (χ2v) is 8.45. The highest BCUT2D eigenvalue weighted by Gasteiger charge is 2.38.